The first-order valence-electron chi connectivity index (χ1n) is 2.36. The summed E-state index contributed by atoms with van der Waals surface area (Å²) in [4.78, 5) is 16.5. The third kappa shape index (κ3) is 5.94. The predicted molar refractivity (Wildman–Crippen MR) is 38.2 cm³/mol. The van der Waals surface area contributed by atoms with Gasteiger partial charge in [-0.1, -0.05) is 10.5 Å². The molecule has 0 aromatic carbocycles. The molecule has 1 atom stereocenters. The van der Waals surface area contributed by atoms with Gasteiger partial charge >= 0.3 is 15.4 Å². The molecule has 0 amide bonds. The molecule has 1 unspecified atom stereocenters. The molecule has 0 aliphatic rings. The zero-order valence-corrected chi connectivity index (χ0v) is 6.89. The number of rotatable bonds is 3. The molecule has 56 valence electrons. The van der Waals surface area contributed by atoms with Crippen molar-refractivity contribution >= 4 is 15.4 Å². The summed E-state index contributed by atoms with van der Waals surface area (Å²) in [5, 5.41) is 0. The van der Waals surface area contributed by atoms with Crippen LogP contribution >= 0.6 is 15.4 Å². The molecule has 0 aromatic rings. The fourth-order valence-corrected chi connectivity index (χ4v) is 2.60. The summed E-state index contributed by atoms with van der Waals surface area (Å²) in [6.07, 6.45) is 4.69. The maximum absolute atomic E-state index is 10.6. The van der Waals surface area contributed by atoms with Crippen molar-refractivity contribution in [2.45, 2.75) is 0 Å². The summed E-state index contributed by atoms with van der Waals surface area (Å²) in [6, 6.07) is 0. The highest BCUT2D eigenvalue weighted by molar-refractivity contribution is 7.66. The van der Waals surface area contributed by atoms with E-state index in [1.807, 2.05) is 0 Å². The highest BCUT2D eigenvalue weighted by Gasteiger charge is 2.27. The molecule has 0 saturated carbocycles. The van der Waals surface area contributed by atoms with Gasteiger partial charge in [0, 0.05) is 0 Å². The van der Waals surface area contributed by atoms with E-state index < -0.39 is 21.3 Å². The number of terminal acetylenes is 1. The molecule has 0 fully saturated rings. The lowest BCUT2D eigenvalue weighted by atomic mass is 10.8. The van der Waals surface area contributed by atoms with E-state index in [1.54, 1.807) is 0 Å². The number of hydrogen-bond donors (Lipinski definition) is 2. The topological polar surface area (TPSA) is 74.6 Å². The highest BCUT2D eigenvalue weighted by atomic mass is 31.2. The minimum absolute atomic E-state index is 0.0690. The predicted octanol–water partition coefficient (Wildman–Crippen LogP) is 0.582. The van der Waals surface area contributed by atoms with Gasteiger partial charge in [0.2, 0.25) is 12.1 Å². The van der Waals surface area contributed by atoms with Crippen molar-refractivity contribution in [1.29, 1.82) is 0 Å². The van der Waals surface area contributed by atoms with E-state index in [0.717, 1.165) is 0 Å². The van der Waals surface area contributed by atoms with E-state index >= 15 is 0 Å². The van der Waals surface area contributed by atoms with Crippen molar-refractivity contribution in [1.82, 2.24) is 0 Å². The van der Waals surface area contributed by atoms with Crippen LogP contribution < -0.4 is 0 Å². The van der Waals surface area contributed by atoms with Crippen LogP contribution in [0.2, 0.25) is 0 Å². The molecule has 0 radical (unpaired) electrons. The smallest absolute Gasteiger partial charge is 0.321 e. The van der Waals surface area contributed by atoms with Crippen LogP contribution in [0.15, 0.2) is 0 Å². The maximum atomic E-state index is 10.6. The van der Waals surface area contributed by atoms with Crippen molar-refractivity contribution in [3.63, 3.8) is 0 Å². The average Bonchev–Trinajstić information content (AvgIpc) is 1.59. The summed E-state index contributed by atoms with van der Waals surface area (Å²) in [7, 11) is -6.05. The first-order chi connectivity index (χ1) is 4.45. The molecule has 0 aromatic heterocycles. The van der Waals surface area contributed by atoms with Crippen molar-refractivity contribution in [3.8, 4) is 12.3 Å². The third-order valence-electron chi connectivity index (χ3n) is 0.610. The largest absolute Gasteiger partial charge is 0.373 e. The van der Waals surface area contributed by atoms with Gasteiger partial charge in [-0.2, -0.15) is 0 Å². The van der Waals surface area contributed by atoms with Crippen molar-refractivity contribution in [2.75, 3.05) is 12.1 Å². The summed E-state index contributed by atoms with van der Waals surface area (Å²) in [5.41, 5.74) is 0. The summed E-state index contributed by atoms with van der Waals surface area (Å²) in [6.45, 7) is 0. The van der Waals surface area contributed by atoms with Gasteiger partial charge in [-0.3, -0.25) is 4.57 Å². The fourth-order valence-electron chi connectivity index (χ4n) is 0.357. The van der Waals surface area contributed by atoms with Gasteiger partial charge in [0.1, 0.15) is 0 Å². The fraction of sp³-hybridized carbons (Fsp3) is 0.500. The van der Waals surface area contributed by atoms with E-state index in [1.165, 1.54) is 0 Å². The van der Waals surface area contributed by atoms with Crippen LogP contribution in [0, 0.1) is 12.3 Å². The Bertz CT molecular complexity index is 210. The van der Waals surface area contributed by atoms with Crippen LogP contribution in [-0.2, 0) is 9.13 Å². The lowest BCUT2D eigenvalue weighted by Gasteiger charge is -1.90. The van der Waals surface area contributed by atoms with Gasteiger partial charge in [0.25, 0.3) is 0 Å². The average molecular weight is 181 g/mol. The Morgan fingerprint density at radius 3 is 2.40 bits per heavy atom. The van der Waals surface area contributed by atoms with Crippen LogP contribution in [0.25, 0.3) is 0 Å². The lowest BCUT2D eigenvalue weighted by molar-refractivity contribution is 0.379. The Hall–Kier alpha value is -0.190. The molecular formula is C4H7O4P2+. The number of hydrogen-bond acceptors (Lipinski definition) is 2. The Morgan fingerprint density at radius 2 is 2.10 bits per heavy atom. The molecule has 6 heteroatoms. The summed E-state index contributed by atoms with van der Waals surface area (Å²) < 4.78 is 20.7. The second-order valence-corrected chi connectivity index (χ2v) is 5.39. The second kappa shape index (κ2) is 3.85. The Balaban J connectivity index is 3.84. The molecule has 10 heavy (non-hydrogen) atoms. The Labute approximate surface area is 59.6 Å². The molecule has 2 N–H and O–H groups in total. The summed E-state index contributed by atoms with van der Waals surface area (Å²) in [5.74, 6) is 1.46. The molecule has 0 aliphatic carbocycles. The van der Waals surface area contributed by atoms with Crippen LogP contribution in [0.5, 0.6) is 0 Å². The zero-order valence-electron chi connectivity index (χ0n) is 5.10. The normalized spacial score (nSPS) is 12.3. The first kappa shape index (κ1) is 9.81. The van der Waals surface area contributed by atoms with Gasteiger partial charge < -0.3 is 9.79 Å². The van der Waals surface area contributed by atoms with Crippen LogP contribution in [0.1, 0.15) is 0 Å². The van der Waals surface area contributed by atoms with Crippen molar-refractivity contribution in [3.05, 3.63) is 0 Å². The molecule has 0 bridgehead atoms. The van der Waals surface area contributed by atoms with E-state index in [0.29, 0.717) is 0 Å². The Kier molecular flexibility index (Phi) is 3.78. The van der Waals surface area contributed by atoms with Crippen LogP contribution in [0.4, 0.5) is 0 Å². The SMILES string of the molecule is C#CC[P+](=O)CP(=O)(O)O. The van der Waals surface area contributed by atoms with E-state index in [4.69, 9.17) is 16.2 Å². The lowest BCUT2D eigenvalue weighted by Crippen LogP contribution is -1.82. The minimum atomic E-state index is -4.13. The molecule has 0 aliphatic heterocycles. The summed E-state index contributed by atoms with van der Waals surface area (Å²) >= 11 is 0. The van der Waals surface area contributed by atoms with Gasteiger partial charge in [0.05, 0.1) is 0 Å². The van der Waals surface area contributed by atoms with Crippen molar-refractivity contribution in [2.24, 2.45) is 0 Å². The van der Waals surface area contributed by atoms with Crippen LogP contribution in [0.3, 0.4) is 0 Å². The van der Waals surface area contributed by atoms with Gasteiger partial charge in [-0.05, 0) is 0 Å². The third-order valence-corrected chi connectivity index (χ3v) is 3.88. The second-order valence-electron chi connectivity index (χ2n) is 1.65. The molecule has 0 heterocycles. The van der Waals surface area contributed by atoms with Gasteiger partial charge in [0.15, 0.2) is 0 Å². The quantitative estimate of drug-likeness (QED) is 0.493. The highest BCUT2D eigenvalue weighted by Crippen LogP contribution is 2.44. The van der Waals surface area contributed by atoms with Gasteiger partial charge in [-0.15, -0.1) is 6.42 Å². The zero-order chi connectivity index (χ0) is 8.20. The molecule has 0 spiro atoms. The minimum Gasteiger partial charge on any atom is -0.321 e. The monoisotopic (exact) mass is 181 g/mol. The van der Waals surface area contributed by atoms with E-state index in [-0.39, 0.29) is 6.16 Å². The molecule has 4 nitrogen and oxygen atoms in total. The standard InChI is InChI=1S/C4H6O4P2/c1-2-3-9(5)4-10(6,7)8/h1H,3-4H2,(H-,6,7,8)/p+1. The van der Waals surface area contributed by atoms with Crippen molar-refractivity contribution < 1.29 is 18.9 Å². The first-order valence-corrected chi connectivity index (χ1v) is 5.78. The van der Waals surface area contributed by atoms with Crippen LogP contribution in [-0.4, -0.2) is 21.9 Å². The van der Waals surface area contributed by atoms with Gasteiger partial charge in [-0.25, -0.2) is 0 Å². The Morgan fingerprint density at radius 1 is 1.60 bits per heavy atom. The molecule has 0 saturated heterocycles. The van der Waals surface area contributed by atoms with E-state index in [2.05, 4.69) is 5.92 Å². The molecular weight excluding hydrogens is 174 g/mol. The van der Waals surface area contributed by atoms with E-state index in [9.17, 15) is 9.13 Å². The molecule has 0 rings (SSSR count). The maximum Gasteiger partial charge on any atom is 0.373 e.